The highest BCUT2D eigenvalue weighted by atomic mass is 19.1. The molecule has 2 heterocycles. The Morgan fingerprint density at radius 3 is 2.34 bits per heavy atom. The highest BCUT2D eigenvalue weighted by Gasteiger charge is 2.19. The smallest absolute Gasteiger partial charge is 0.244 e. The second kappa shape index (κ2) is 8.46. The Kier molecular flexibility index (Phi) is 5.55. The van der Waals surface area contributed by atoms with Gasteiger partial charge < -0.3 is 9.88 Å². The van der Waals surface area contributed by atoms with Gasteiger partial charge in [-0.25, -0.2) is 13.2 Å². The molecule has 0 saturated heterocycles. The third kappa shape index (κ3) is 4.13. The van der Waals surface area contributed by atoms with Crippen molar-refractivity contribution in [3.8, 4) is 0 Å². The summed E-state index contributed by atoms with van der Waals surface area (Å²) in [5, 5.41) is 2.33. The van der Waals surface area contributed by atoms with E-state index in [2.05, 4.69) is 10.3 Å². The maximum absolute atomic E-state index is 13.9. The number of amides is 1. The summed E-state index contributed by atoms with van der Waals surface area (Å²) in [7, 11) is 0. The molecule has 9 heteroatoms. The molecule has 0 spiro atoms. The van der Waals surface area contributed by atoms with Crippen molar-refractivity contribution in [1.29, 1.82) is 0 Å². The molecule has 0 bridgehead atoms. The van der Waals surface area contributed by atoms with Crippen LogP contribution in [0.1, 0.15) is 15.9 Å². The second-order valence-corrected chi connectivity index (χ2v) is 6.90. The standard InChI is InChI=1S/C23H14F3N3O3/c24-14-2-4-19(18(26)9-14)28-21(30)12-29-11-17(22(31)13-5-7-27-8-6-13)23(32)16-3-1-15(25)10-20(16)29/h1-11H,12H2,(H,28,30). The molecule has 0 unspecified atom stereocenters. The lowest BCUT2D eigenvalue weighted by Gasteiger charge is -2.14. The van der Waals surface area contributed by atoms with E-state index in [0.717, 1.165) is 30.5 Å². The van der Waals surface area contributed by atoms with Crippen LogP contribution in [0.5, 0.6) is 0 Å². The van der Waals surface area contributed by atoms with E-state index in [4.69, 9.17) is 0 Å². The van der Waals surface area contributed by atoms with Crippen molar-refractivity contribution in [3.63, 3.8) is 0 Å². The number of nitrogens with zero attached hydrogens (tertiary/aromatic N) is 2. The molecule has 1 N–H and O–H groups in total. The summed E-state index contributed by atoms with van der Waals surface area (Å²) in [4.78, 5) is 42.1. The fourth-order valence-electron chi connectivity index (χ4n) is 3.25. The molecule has 32 heavy (non-hydrogen) atoms. The van der Waals surface area contributed by atoms with Crippen LogP contribution in [-0.4, -0.2) is 21.2 Å². The second-order valence-electron chi connectivity index (χ2n) is 6.90. The lowest BCUT2D eigenvalue weighted by molar-refractivity contribution is -0.116. The number of halogens is 3. The number of carbonyl (C=O) groups is 2. The zero-order valence-electron chi connectivity index (χ0n) is 16.3. The Bertz CT molecular complexity index is 1420. The van der Waals surface area contributed by atoms with Gasteiger partial charge in [-0.2, -0.15) is 0 Å². The molecule has 0 saturated carbocycles. The molecule has 0 atom stereocenters. The summed E-state index contributed by atoms with van der Waals surface area (Å²) in [6.07, 6.45) is 3.95. The fourth-order valence-corrected chi connectivity index (χ4v) is 3.25. The van der Waals surface area contributed by atoms with Crippen LogP contribution in [0.15, 0.2) is 71.9 Å². The molecule has 4 rings (SSSR count). The predicted octanol–water partition coefficient (Wildman–Crippen LogP) is 3.68. The van der Waals surface area contributed by atoms with Crippen molar-refractivity contribution in [2.45, 2.75) is 6.54 Å². The Morgan fingerprint density at radius 2 is 1.62 bits per heavy atom. The summed E-state index contributed by atoms with van der Waals surface area (Å²) < 4.78 is 42.0. The monoisotopic (exact) mass is 437 g/mol. The van der Waals surface area contributed by atoms with Gasteiger partial charge in [0.1, 0.15) is 24.0 Å². The normalized spacial score (nSPS) is 10.8. The number of fused-ring (bicyclic) bond motifs is 1. The minimum absolute atomic E-state index is 0.0343. The number of ketones is 1. The SMILES string of the molecule is O=C(Cn1cc(C(=O)c2ccncc2)c(=O)c2ccc(F)cc21)Nc1ccc(F)cc1F. The van der Waals surface area contributed by atoms with Crippen LogP contribution in [0.25, 0.3) is 10.9 Å². The van der Waals surface area contributed by atoms with Crippen molar-refractivity contribution < 1.29 is 22.8 Å². The van der Waals surface area contributed by atoms with Gasteiger partial charge in [0.05, 0.1) is 16.8 Å². The van der Waals surface area contributed by atoms with E-state index in [0.29, 0.717) is 6.07 Å². The maximum atomic E-state index is 13.9. The van der Waals surface area contributed by atoms with E-state index >= 15 is 0 Å². The quantitative estimate of drug-likeness (QED) is 0.483. The Morgan fingerprint density at radius 1 is 0.938 bits per heavy atom. The molecule has 6 nitrogen and oxygen atoms in total. The van der Waals surface area contributed by atoms with Gasteiger partial charge in [0.15, 0.2) is 5.78 Å². The number of pyridine rings is 2. The van der Waals surface area contributed by atoms with E-state index in [1.807, 2.05) is 0 Å². The lowest BCUT2D eigenvalue weighted by Crippen LogP contribution is -2.24. The molecule has 0 aliphatic heterocycles. The van der Waals surface area contributed by atoms with Crippen LogP contribution >= 0.6 is 0 Å². The topological polar surface area (TPSA) is 81.1 Å². The molecule has 0 fully saturated rings. The van der Waals surface area contributed by atoms with Gasteiger partial charge in [0.2, 0.25) is 11.3 Å². The van der Waals surface area contributed by atoms with E-state index < -0.39 is 41.1 Å². The number of anilines is 1. The zero-order chi connectivity index (χ0) is 22.8. The minimum atomic E-state index is -0.970. The summed E-state index contributed by atoms with van der Waals surface area (Å²) in [5.74, 6) is -3.75. The van der Waals surface area contributed by atoms with Gasteiger partial charge in [0, 0.05) is 35.6 Å². The van der Waals surface area contributed by atoms with Crippen molar-refractivity contribution >= 4 is 28.3 Å². The summed E-state index contributed by atoms with van der Waals surface area (Å²) in [6.45, 7) is -0.465. The number of hydrogen-bond donors (Lipinski definition) is 1. The van der Waals surface area contributed by atoms with Crippen LogP contribution in [-0.2, 0) is 11.3 Å². The number of benzene rings is 2. The van der Waals surface area contributed by atoms with Crippen molar-refractivity contribution in [2.75, 3.05) is 5.32 Å². The third-order valence-corrected chi connectivity index (χ3v) is 4.75. The number of carbonyl (C=O) groups excluding carboxylic acids is 2. The first kappa shape index (κ1) is 21.0. The molecule has 2 aromatic carbocycles. The van der Waals surface area contributed by atoms with Gasteiger partial charge in [-0.3, -0.25) is 19.4 Å². The van der Waals surface area contributed by atoms with E-state index in [9.17, 15) is 27.6 Å². The third-order valence-electron chi connectivity index (χ3n) is 4.75. The van der Waals surface area contributed by atoms with Gasteiger partial charge in [-0.05, 0) is 42.5 Å². The van der Waals surface area contributed by atoms with E-state index in [1.165, 1.54) is 35.2 Å². The maximum Gasteiger partial charge on any atom is 0.244 e. The molecule has 2 aromatic heterocycles. The fraction of sp³-hybridized carbons (Fsp3) is 0.0435. The summed E-state index contributed by atoms with van der Waals surface area (Å²) in [6, 6.07) is 8.88. The first-order valence-electron chi connectivity index (χ1n) is 9.36. The van der Waals surface area contributed by atoms with Gasteiger partial charge >= 0.3 is 0 Å². The molecule has 0 aliphatic rings. The van der Waals surface area contributed by atoms with Crippen molar-refractivity contribution in [1.82, 2.24) is 9.55 Å². The van der Waals surface area contributed by atoms with Gasteiger partial charge in [-0.15, -0.1) is 0 Å². The Labute approximate surface area is 179 Å². The first-order chi connectivity index (χ1) is 15.3. The summed E-state index contributed by atoms with van der Waals surface area (Å²) in [5.41, 5.74) is -0.806. The first-order valence-corrected chi connectivity index (χ1v) is 9.36. The van der Waals surface area contributed by atoms with Crippen LogP contribution < -0.4 is 10.7 Å². The summed E-state index contributed by atoms with van der Waals surface area (Å²) >= 11 is 0. The predicted molar refractivity (Wildman–Crippen MR) is 111 cm³/mol. The van der Waals surface area contributed by atoms with Crippen LogP contribution in [0.4, 0.5) is 18.9 Å². The molecule has 4 aromatic rings. The average molecular weight is 437 g/mol. The molecule has 1 amide bonds. The zero-order valence-corrected chi connectivity index (χ0v) is 16.3. The highest BCUT2D eigenvalue weighted by molar-refractivity contribution is 6.10. The Hall–Kier alpha value is -4.27. The number of rotatable bonds is 5. The number of aromatic nitrogens is 2. The molecule has 0 radical (unpaired) electrons. The molecule has 160 valence electrons. The van der Waals surface area contributed by atoms with Crippen LogP contribution in [0.3, 0.4) is 0 Å². The van der Waals surface area contributed by atoms with Gasteiger partial charge in [-0.1, -0.05) is 0 Å². The highest BCUT2D eigenvalue weighted by Crippen LogP contribution is 2.18. The van der Waals surface area contributed by atoms with Crippen LogP contribution in [0, 0.1) is 17.5 Å². The largest absolute Gasteiger partial charge is 0.337 e. The molecular formula is C23H14F3N3O3. The van der Waals surface area contributed by atoms with Crippen molar-refractivity contribution in [3.05, 3.63) is 106 Å². The van der Waals surface area contributed by atoms with Gasteiger partial charge in [0.25, 0.3) is 0 Å². The van der Waals surface area contributed by atoms with Crippen LogP contribution in [0.2, 0.25) is 0 Å². The minimum Gasteiger partial charge on any atom is -0.337 e. The van der Waals surface area contributed by atoms with E-state index in [1.54, 1.807) is 0 Å². The lowest BCUT2D eigenvalue weighted by atomic mass is 10.0. The molecule has 0 aliphatic carbocycles. The van der Waals surface area contributed by atoms with E-state index in [-0.39, 0.29) is 27.7 Å². The van der Waals surface area contributed by atoms with Crippen molar-refractivity contribution in [2.24, 2.45) is 0 Å². The number of hydrogen-bond acceptors (Lipinski definition) is 4. The molecular weight excluding hydrogens is 423 g/mol. The number of nitrogens with one attached hydrogen (secondary N) is 1. The Balaban J connectivity index is 1.76. The average Bonchev–Trinajstić information content (AvgIpc) is 2.77.